The summed E-state index contributed by atoms with van der Waals surface area (Å²) in [5.41, 5.74) is 0. The van der Waals surface area contributed by atoms with Crippen molar-refractivity contribution in [1.29, 1.82) is 0 Å². The fourth-order valence-corrected chi connectivity index (χ4v) is 1.55. The van der Waals surface area contributed by atoms with Crippen LogP contribution >= 0.6 is 0 Å². The molecule has 0 aromatic heterocycles. The first-order valence-electron chi connectivity index (χ1n) is 5.84. The van der Waals surface area contributed by atoms with Crippen LogP contribution in [0.4, 0.5) is 0 Å². The molecule has 1 rings (SSSR count). The number of hydrogen-bond donors (Lipinski definition) is 2. The molecule has 0 spiro atoms. The van der Waals surface area contributed by atoms with Crippen LogP contribution < -0.4 is 10.6 Å². The van der Waals surface area contributed by atoms with E-state index in [2.05, 4.69) is 29.5 Å². The van der Waals surface area contributed by atoms with Gasteiger partial charge in [0, 0.05) is 18.6 Å². The number of hydrogen-bond acceptors (Lipinski definition) is 3. The molecule has 0 heterocycles. The third-order valence-corrected chi connectivity index (χ3v) is 2.95. The highest BCUT2D eigenvalue weighted by Gasteiger charge is 2.28. The Morgan fingerprint density at radius 3 is 2.73 bits per heavy atom. The van der Waals surface area contributed by atoms with Crippen LogP contribution in [0.1, 0.15) is 26.7 Å². The second-order valence-corrected chi connectivity index (χ2v) is 4.33. The third kappa shape index (κ3) is 4.62. The van der Waals surface area contributed by atoms with E-state index in [4.69, 9.17) is 0 Å². The summed E-state index contributed by atoms with van der Waals surface area (Å²) in [4.78, 5) is 13.7. The summed E-state index contributed by atoms with van der Waals surface area (Å²) in [6.45, 7) is 6.17. The van der Waals surface area contributed by atoms with Gasteiger partial charge < -0.3 is 10.6 Å². The van der Waals surface area contributed by atoms with Crippen molar-refractivity contribution in [3.63, 3.8) is 0 Å². The molecule has 4 heteroatoms. The van der Waals surface area contributed by atoms with E-state index in [-0.39, 0.29) is 5.91 Å². The smallest absolute Gasteiger partial charge is 0.234 e. The molecule has 15 heavy (non-hydrogen) atoms. The van der Waals surface area contributed by atoms with Crippen molar-refractivity contribution in [2.75, 3.05) is 26.7 Å². The molecule has 1 fully saturated rings. The maximum Gasteiger partial charge on any atom is 0.234 e. The molecule has 0 bridgehead atoms. The first kappa shape index (κ1) is 12.5. The molecule has 1 saturated carbocycles. The van der Waals surface area contributed by atoms with Gasteiger partial charge in [0.25, 0.3) is 0 Å². The Bertz CT molecular complexity index is 204. The Labute approximate surface area is 92.4 Å². The van der Waals surface area contributed by atoms with E-state index in [0.717, 1.165) is 19.1 Å². The maximum absolute atomic E-state index is 11.3. The van der Waals surface area contributed by atoms with Crippen LogP contribution in [0.25, 0.3) is 0 Å². The van der Waals surface area contributed by atoms with Crippen molar-refractivity contribution in [1.82, 2.24) is 15.5 Å². The van der Waals surface area contributed by atoms with E-state index in [9.17, 15) is 4.79 Å². The largest absolute Gasteiger partial charge is 0.353 e. The lowest BCUT2D eigenvalue weighted by Gasteiger charge is -2.24. The molecule has 2 N–H and O–H groups in total. The van der Waals surface area contributed by atoms with E-state index < -0.39 is 0 Å². The number of carbonyl (C=O) groups excluding carboxylic acids is 1. The summed E-state index contributed by atoms with van der Waals surface area (Å²) in [5, 5.41) is 5.95. The number of nitrogens with one attached hydrogen (secondary N) is 2. The van der Waals surface area contributed by atoms with E-state index >= 15 is 0 Å². The SMILES string of the molecule is CCNCC(=O)NCC(C)N(C)C1CC1. The molecule has 0 aromatic carbocycles. The highest BCUT2D eigenvalue weighted by molar-refractivity contribution is 5.77. The normalized spacial score (nSPS) is 17.9. The van der Waals surface area contributed by atoms with Crippen LogP contribution in [0.3, 0.4) is 0 Å². The lowest BCUT2D eigenvalue weighted by molar-refractivity contribution is -0.120. The Balaban J connectivity index is 2.09. The van der Waals surface area contributed by atoms with Crippen molar-refractivity contribution in [3.05, 3.63) is 0 Å². The second-order valence-electron chi connectivity index (χ2n) is 4.33. The first-order valence-corrected chi connectivity index (χ1v) is 5.84. The van der Waals surface area contributed by atoms with Gasteiger partial charge in [0.2, 0.25) is 5.91 Å². The molecule has 88 valence electrons. The molecule has 1 aliphatic rings. The van der Waals surface area contributed by atoms with Gasteiger partial charge >= 0.3 is 0 Å². The van der Waals surface area contributed by atoms with E-state index in [1.807, 2.05) is 6.92 Å². The zero-order valence-corrected chi connectivity index (χ0v) is 10.0. The summed E-state index contributed by atoms with van der Waals surface area (Å²) >= 11 is 0. The first-order chi connectivity index (χ1) is 7.15. The average Bonchev–Trinajstić information content (AvgIpc) is 3.05. The van der Waals surface area contributed by atoms with Gasteiger partial charge in [0.05, 0.1) is 6.54 Å². The van der Waals surface area contributed by atoms with Crippen LogP contribution in [-0.4, -0.2) is 49.6 Å². The monoisotopic (exact) mass is 213 g/mol. The Kier molecular flexibility index (Phi) is 5.05. The van der Waals surface area contributed by atoms with E-state index in [0.29, 0.717) is 12.6 Å². The van der Waals surface area contributed by atoms with Crippen molar-refractivity contribution in [2.45, 2.75) is 38.8 Å². The molecule has 1 unspecified atom stereocenters. The molecular formula is C11H23N3O. The van der Waals surface area contributed by atoms with E-state index in [1.54, 1.807) is 0 Å². The summed E-state index contributed by atoms with van der Waals surface area (Å²) in [7, 11) is 2.14. The van der Waals surface area contributed by atoms with Gasteiger partial charge in [-0.15, -0.1) is 0 Å². The predicted octanol–water partition coefficient (Wildman–Crippen LogP) is 0.195. The molecule has 0 saturated heterocycles. The molecule has 1 atom stereocenters. The highest BCUT2D eigenvalue weighted by atomic mass is 16.1. The van der Waals surface area contributed by atoms with Gasteiger partial charge in [-0.2, -0.15) is 0 Å². The topological polar surface area (TPSA) is 44.4 Å². The Morgan fingerprint density at radius 1 is 1.53 bits per heavy atom. The average molecular weight is 213 g/mol. The summed E-state index contributed by atoms with van der Waals surface area (Å²) in [6, 6.07) is 1.19. The van der Waals surface area contributed by atoms with Gasteiger partial charge in [-0.25, -0.2) is 0 Å². The molecule has 1 aliphatic carbocycles. The van der Waals surface area contributed by atoms with Crippen molar-refractivity contribution < 1.29 is 4.79 Å². The summed E-state index contributed by atoms with van der Waals surface area (Å²) in [6.07, 6.45) is 2.62. The number of nitrogens with zero attached hydrogens (tertiary/aromatic N) is 1. The number of carbonyl (C=O) groups is 1. The van der Waals surface area contributed by atoms with Gasteiger partial charge in [-0.3, -0.25) is 9.69 Å². The van der Waals surface area contributed by atoms with Crippen LogP contribution in [0.15, 0.2) is 0 Å². The van der Waals surface area contributed by atoms with Crippen LogP contribution in [0, 0.1) is 0 Å². The van der Waals surface area contributed by atoms with Crippen LogP contribution in [0.2, 0.25) is 0 Å². The van der Waals surface area contributed by atoms with Crippen molar-refractivity contribution in [3.8, 4) is 0 Å². The molecule has 1 amide bonds. The zero-order valence-electron chi connectivity index (χ0n) is 10.0. The molecule has 0 aliphatic heterocycles. The highest BCUT2D eigenvalue weighted by Crippen LogP contribution is 2.26. The molecular weight excluding hydrogens is 190 g/mol. The number of amides is 1. The van der Waals surface area contributed by atoms with Gasteiger partial charge in [0.15, 0.2) is 0 Å². The van der Waals surface area contributed by atoms with Crippen molar-refractivity contribution >= 4 is 5.91 Å². The fourth-order valence-electron chi connectivity index (χ4n) is 1.55. The fraction of sp³-hybridized carbons (Fsp3) is 0.909. The summed E-state index contributed by atoms with van der Waals surface area (Å²) < 4.78 is 0. The molecule has 0 aromatic rings. The van der Waals surface area contributed by atoms with Crippen molar-refractivity contribution in [2.24, 2.45) is 0 Å². The van der Waals surface area contributed by atoms with Gasteiger partial charge in [-0.05, 0) is 33.4 Å². The quantitative estimate of drug-likeness (QED) is 0.635. The maximum atomic E-state index is 11.3. The minimum absolute atomic E-state index is 0.0906. The van der Waals surface area contributed by atoms with E-state index in [1.165, 1.54) is 12.8 Å². The third-order valence-electron chi connectivity index (χ3n) is 2.95. The van der Waals surface area contributed by atoms with Crippen LogP contribution in [-0.2, 0) is 4.79 Å². The predicted molar refractivity (Wildman–Crippen MR) is 61.8 cm³/mol. The number of likely N-dealkylation sites (N-methyl/N-ethyl adjacent to an activating group) is 2. The Morgan fingerprint density at radius 2 is 2.20 bits per heavy atom. The lowest BCUT2D eigenvalue weighted by Crippen LogP contribution is -2.43. The second kappa shape index (κ2) is 6.08. The van der Waals surface area contributed by atoms with Gasteiger partial charge in [0.1, 0.15) is 0 Å². The number of rotatable bonds is 7. The standard InChI is InChI=1S/C11H23N3O/c1-4-12-8-11(15)13-7-9(2)14(3)10-5-6-10/h9-10,12H,4-8H2,1-3H3,(H,13,15). The Hall–Kier alpha value is -0.610. The minimum atomic E-state index is 0.0906. The lowest BCUT2D eigenvalue weighted by atomic mass is 10.3. The molecule has 0 radical (unpaired) electrons. The summed E-state index contributed by atoms with van der Waals surface area (Å²) in [5.74, 6) is 0.0906. The minimum Gasteiger partial charge on any atom is -0.353 e. The van der Waals surface area contributed by atoms with Gasteiger partial charge in [-0.1, -0.05) is 6.92 Å². The zero-order chi connectivity index (χ0) is 11.3. The molecule has 4 nitrogen and oxygen atoms in total. The van der Waals surface area contributed by atoms with Crippen LogP contribution in [0.5, 0.6) is 0 Å².